The van der Waals surface area contributed by atoms with Crippen molar-refractivity contribution in [1.82, 2.24) is 9.97 Å². The summed E-state index contributed by atoms with van der Waals surface area (Å²) in [5.74, 6) is 1.16. The molecule has 2 aromatic carbocycles. The Morgan fingerprint density at radius 2 is 1.86 bits per heavy atom. The number of nitrogens with zero attached hydrogens (tertiary/aromatic N) is 2. The number of hydrogen-bond donors (Lipinski definition) is 2. The maximum atomic E-state index is 13.3. The second kappa shape index (κ2) is 9.38. The maximum absolute atomic E-state index is 13.3. The van der Waals surface area contributed by atoms with E-state index in [4.69, 9.17) is 4.74 Å². The number of H-pyrrole nitrogens is 1. The third-order valence-corrected chi connectivity index (χ3v) is 7.15. The molecule has 2 heterocycles. The number of aromatic nitrogens is 2. The minimum atomic E-state index is -0.509. The SMILES string of the molecule is COc1ccc(C2C3=C(CCCC3=O)Nc3nc(SCc4ccc([N+](=O)[O-])cc4)[nH]c(=O)c32)cc1. The van der Waals surface area contributed by atoms with E-state index in [1.165, 1.54) is 23.9 Å². The number of hydrogen-bond acceptors (Lipinski definition) is 8. The van der Waals surface area contributed by atoms with E-state index in [-0.39, 0.29) is 17.0 Å². The molecule has 35 heavy (non-hydrogen) atoms. The van der Waals surface area contributed by atoms with Crippen LogP contribution in [-0.2, 0) is 10.5 Å². The fourth-order valence-corrected chi connectivity index (χ4v) is 5.32. The number of nitro benzene ring substituents is 1. The highest BCUT2D eigenvalue weighted by Gasteiger charge is 2.37. The number of Topliss-reactive ketones (excluding diaryl/α,β-unsaturated/α-hetero) is 1. The molecular formula is C25H22N4O5S. The average Bonchev–Trinajstić information content (AvgIpc) is 2.87. The Bertz CT molecular complexity index is 1400. The maximum Gasteiger partial charge on any atom is 0.269 e. The Morgan fingerprint density at radius 1 is 1.11 bits per heavy atom. The summed E-state index contributed by atoms with van der Waals surface area (Å²) in [7, 11) is 1.59. The Hall–Kier alpha value is -3.92. The van der Waals surface area contributed by atoms with Gasteiger partial charge >= 0.3 is 0 Å². The van der Waals surface area contributed by atoms with Crippen molar-refractivity contribution in [2.24, 2.45) is 0 Å². The number of anilines is 1. The summed E-state index contributed by atoms with van der Waals surface area (Å²) in [4.78, 5) is 44.2. The van der Waals surface area contributed by atoms with Crippen molar-refractivity contribution < 1.29 is 14.5 Å². The summed E-state index contributed by atoms with van der Waals surface area (Å²) in [5.41, 5.74) is 3.29. The summed E-state index contributed by atoms with van der Waals surface area (Å²) in [6, 6.07) is 13.7. The minimum absolute atomic E-state index is 0.0268. The molecule has 1 atom stereocenters. The number of non-ortho nitro benzene ring substituents is 1. The first-order chi connectivity index (χ1) is 16.9. The van der Waals surface area contributed by atoms with Crippen LogP contribution in [0.3, 0.4) is 0 Å². The number of benzene rings is 2. The Kier molecular flexibility index (Phi) is 6.12. The smallest absolute Gasteiger partial charge is 0.269 e. The van der Waals surface area contributed by atoms with Gasteiger partial charge in [-0.05, 0) is 36.1 Å². The predicted molar refractivity (Wildman–Crippen MR) is 132 cm³/mol. The molecule has 0 fully saturated rings. The van der Waals surface area contributed by atoms with E-state index in [2.05, 4.69) is 15.3 Å². The van der Waals surface area contributed by atoms with Crippen LogP contribution >= 0.6 is 11.8 Å². The van der Waals surface area contributed by atoms with Gasteiger partial charge in [-0.25, -0.2) is 4.98 Å². The molecule has 2 N–H and O–H groups in total. The van der Waals surface area contributed by atoms with Gasteiger partial charge in [0.25, 0.3) is 11.2 Å². The number of allylic oxidation sites excluding steroid dienone is 2. The number of rotatable bonds is 6. The van der Waals surface area contributed by atoms with E-state index >= 15 is 0 Å². The van der Waals surface area contributed by atoms with E-state index < -0.39 is 10.8 Å². The number of ether oxygens (including phenoxy) is 1. The lowest BCUT2D eigenvalue weighted by Gasteiger charge is -2.32. The third kappa shape index (κ3) is 4.44. The number of thioether (sulfide) groups is 1. The second-order valence-corrected chi connectivity index (χ2v) is 9.31. The van der Waals surface area contributed by atoms with Crippen LogP contribution in [0.5, 0.6) is 5.75 Å². The molecule has 1 aliphatic carbocycles. The van der Waals surface area contributed by atoms with Gasteiger partial charge in [0, 0.05) is 41.5 Å². The van der Waals surface area contributed by atoms with Crippen molar-refractivity contribution >= 4 is 29.1 Å². The van der Waals surface area contributed by atoms with E-state index in [0.717, 1.165) is 23.2 Å². The zero-order valence-corrected chi connectivity index (χ0v) is 19.7. The Balaban J connectivity index is 1.49. The van der Waals surface area contributed by atoms with Gasteiger partial charge in [0.1, 0.15) is 11.6 Å². The zero-order chi connectivity index (χ0) is 24.5. The summed E-state index contributed by atoms with van der Waals surface area (Å²) in [6.45, 7) is 0. The van der Waals surface area contributed by atoms with Gasteiger partial charge in [-0.2, -0.15) is 0 Å². The molecule has 5 rings (SSSR count). The van der Waals surface area contributed by atoms with E-state index in [1.54, 1.807) is 19.2 Å². The van der Waals surface area contributed by atoms with Gasteiger partial charge in [0.2, 0.25) is 0 Å². The number of ketones is 1. The number of nitro groups is 1. The highest BCUT2D eigenvalue weighted by Crippen LogP contribution is 2.43. The van der Waals surface area contributed by atoms with E-state index in [9.17, 15) is 19.7 Å². The largest absolute Gasteiger partial charge is 0.497 e. The predicted octanol–water partition coefficient (Wildman–Crippen LogP) is 4.54. The molecule has 0 bridgehead atoms. The lowest BCUT2D eigenvalue weighted by atomic mass is 9.76. The quantitative estimate of drug-likeness (QED) is 0.223. The van der Waals surface area contributed by atoms with Crippen LogP contribution < -0.4 is 15.6 Å². The highest BCUT2D eigenvalue weighted by molar-refractivity contribution is 7.98. The van der Waals surface area contributed by atoms with Crippen LogP contribution in [0.1, 0.15) is 41.9 Å². The van der Waals surface area contributed by atoms with Gasteiger partial charge < -0.3 is 15.0 Å². The number of nitrogens with one attached hydrogen (secondary N) is 2. The van der Waals surface area contributed by atoms with Crippen molar-refractivity contribution in [2.45, 2.75) is 36.1 Å². The van der Waals surface area contributed by atoms with Crippen LogP contribution in [0.2, 0.25) is 0 Å². The number of aromatic amines is 1. The van der Waals surface area contributed by atoms with Gasteiger partial charge in [-0.15, -0.1) is 0 Å². The summed E-state index contributed by atoms with van der Waals surface area (Å²) < 4.78 is 5.27. The van der Waals surface area contributed by atoms with Crippen LogP contribution in [0, 0.1) is 10.1 Å². The lowest BCUT2D eigenvalue weighted by molar-refractivity contribution is -0.384. The standard InChI is InChI=1S/C25H22N4O5S/c1-34-17-11-7-15(8-12-17)20-21-18(3-2-4-19(21)30)26-23-22(20)24(31)28-25(27-23)35-13-14-5-9-16(10-6-14)29(32)33/h5-12,20H,2-4,13H2,1H3,(H2,26,27,28,31). The van der Waals surface area contributed by atoms with Crippen molar-refractivity contribution in [3.8, 4) is 5.75 Å². The number of methoxy groups -OCH3 is 1. The molecule has 1 aromatic heterocycles. The molecule has 10 heteroatoms. The normalized spacial score (nSPS) is 16.8. The van der Waals surface area contributed by atoms with Gasteiger partial charge in [0.05, 0.1) is 17.6 Å². The molecule has 1 aliphatic heterocycles. The number of carbonyl (C=O) groups is 1. The molecule has 3 aromatic rings. The van der Waals surface area contributed by atoms with Crippen molar-refractivity contribution in [3.63, 3.8) is 0 Å². The Morgan fingerprint density at radius 3 is 2.54 bits per heavy atom. The lowest BCUT2D eigenvalue weighted by Crippen LogP contribution is -2.32. The molecule has 178 valence electrons. The highest BCUT2D eigenvalue weighted by atomic mass is 32.2. The molecule has 0 amide bonds. The van der Waals surface area contributed by atoms with Crippen LogP contribution in [0.25, 0.3) is 0 Å². The van der Waals surface area contributed by atoms with Crippen LogP contribution in [0.15, 0.2) is 69.8 Å². The van der Waals surface area contributed by atoms with Crippen molar-refractivity contribution in [2.75, 3.05) is 12.4 Å². The molecule has 9 nitrogen and oxygen atoms in total. The van der Waals surface area contributed by atoms with E-state index in [0.29, 0.717) is 46.5 Å². The summed E-state index contributed by atoms with van der Waals surface area (Å²) >= 11 is 1.33. The molecule has 0 saturated carbocycles. The van der Waals surface area contributed by atoms with Gasteiger partial charge in [0.15, 0.2) is 10.9 Å². The first-order valence-corrected chi connectivity index (χ1v) is 12.1. The first-order valence-electron chi connectivity index (χ1n) is 11.1. The topological polar surface area (TPSA) is 127 Å². The Labute approximate surface area is 204 Å². The minimum Gasteiger partial charge on any atom is -0.497 e. The number of fused-ring (bicyclic) bond motifs is 1. The molecule has 1 unspecified atom stereocenters. The van der Waals surface area contributed by atoms with Crippen LogP contribution in [-0.4, -0.2) is 27.8 Å². The number of carbonyl (C=O) groups excluding carboxylic acids is 1. The third-order valence-electron chi connectivity index (χ3n) is 6.21. The second-order valence-electron chi connectivity index (χ2n) is 8.35. The zero-order valence-electron chi connectivity index (χ0n) is 18.9. The molecule has 0 saturated heterocycles. The fraction of sp³-hybridized carbons (Fsp3) is 0.240. The van der Waals surface area contributed by atoms with Crippen molar-refractivity contribution in [1.29, 1.82) is 0 Å². The van der Waals surface area contributed by atoms with Crippen LogP contribution in [0.4, 0.5) is 11.5 Å². The van der Waals surface area contributed by atoms with Gasteiger partial charge in [-0.3, -0.25) is 19.7 Å². The summed E-state index contributed by atoms with van der Waals surface area (Å²) in [6.07, 6.45) is 1.92. The summed E-state index contributed by atoms with van der Waals surface area (Å²) in [5, 5.41) is 14.6. The fourth-order valence-electron chi connectivity index (χ4n) is 4.50. The monoisotopic (exact) mass is 490 g/mol. The first kappa shape index (κ1) is 22.9. The van der Waals surface area contributed by atoms with E-state index in [1.807, 2.05) is 24.3 Å². The van der Waals surface area contributed by atoms with Crippen molar-refractivity contribution in [3.05, 3.63) is 97.0 Å². The van der Waals surface area contributed by atoms with Gasteiger partial charge in [-0.1, -0.05) is 36.0 Å². The molecule has 0 spiro atoms. The molecular weight excluding hydrogens is 468 g/mol. The average molecular weight is 491 g/mol. The molecule has 0 radical (unpaired) electrons. The molecule has 2 aliphatic rings.